The Morgan fingerprint density at radius 3 is 2.56 bits per heavy atom. The Labute approximate surface area is 96.5 Å². The van der Waals surface area contributed by atoms with Crippen LogP contribution in [0.15, 0.2) is 0 Å². The lowest BCUT2D eigenvalue weighted by molar-refractivity contribution is 0.121. The Hall–Kier alpha value is -0.810. The van der Waals surface area contributed by atoms with Crippen molar-refractivity contribution in [1.82, 2.24) is 9.80 Å². The number of ether oxygens (including phenoxy) is 1. The van der Waals surface area contributed by atoms with Crippen LogP contribution < -0.4 is 5.73 Å². The van der Waals surface area contributed by atoms with Gasteiger partial charge < -0.3 is 15.4 Å². The van der Waals surface area contributed by atoms with Gasteiger partial charge in [-0.3, -0.25) is 4.90 Å². The second kappa shape index (κ2) is 5.01. The number of nitrogens with two attached hydrogens (primary N) is 1. The van der Waals surface area contributed by atoms with Crippen LogP contribution in [0, 0.1) is 0 Å². The van der Waals surface area contributed by atoms with Gasteiger partial charge in [-0.25, -0.2) is 4.79 Å². The fraction of sp³-hybridized carbons (Fsp3) is 0.909. The lowest BCUT2D eigenvalue weighted by Gasteiger charge is -2.34. The van der Waals surface area contributed by atoms with E-state index in [0.29, 0.717) is 12.1 Å². The topological polar surface area (TPSA) is 58.8 Å². The van der Waals surface area contributed by atoms with Crippen LogP contribution in [0.5, 0.6) is 0 Å². The molecule has 1 amide bonds. The van der Waals surface area contributed by atoms with E-state index in [2.05, 4.69) is 4.90 Å². The van der Waals surface area contributed by atoms with Gasteiger partial charge in [0.1, 0.15) is 0 Å². The normalized spacial score (nSPS) is 28.4. The molecular weight excluding hydrogens is 206 g/mol. The second-order valence-corrected chi connectivity index (χ2v) is 4.73. The van der Waals surface area contributed by atoms with Crippen LogP contribution in [-0.4, -0.2) is 61.3 Å². The molecule has 5 nitrogen and oxygen atoms in total. The van der Waals surface area contributed by atoms with E-state index in [4.69, 9.17) is 10.5 Å². The van der Waals surface area contributed by atoms with Crippen LogP contribution in [0.25, 0.3) is 0 Å². The van der Waals surface area contributed by atoms with Gasteiger partial charge in [0.2, 0.25) is 0 Å². The van der Waals surface area contributed by atoms with Crippen molar-refractivity contribution < 1.29 is 9.53 Å². The van der Waals surface area contributed by atoms with Crippen LogP contribution in [0.3, 0.4) is 0 Å². The van der Waals surface area contributed by atoms with Crippen molar-refractivity contribution in [2.45, 2.75) is 31.3 Å². The molecule has 5 heteroatoms. The van der Waals surface area contributed by atoms with E-state index in [0.717, 1.165) is 45.4 Å². The summed E-state index contributed by atoms with van der Waals surface area (Å²) in [5.74, 6) is 0. The highest BCUT2D eigenvalue weighted by Gasteiger charge is 2.32. The van der Waals surface area contributed by atoms with Gasteiger partial charge in [0, 0.05) is 25.2 Å². The van der Waals surface area contributed by atoms with Crippen molar-refractivity contribution in [3.63, 3.8) is 0 Å². The number of carbonyl (C=O) groups excluding carboxylic acids is 1. The van der Waals surface area contributed by atoms with Crippen LogP contribution in [0.1, 0.15) is 19.3 Å². The van der Waals surface area contributed by atoms with E-state index >= 15 is 0 Å². The summed E-state index contributed by atoms with van der Waals surface area (Å²) in [6, 6.07) is 0.876. The molecule has 1 atom stereocenters. The third-order valence-corrected chi connectivity index (χ3v) is 3.69. The molecule has 0 aromatic heterocycles. The van der Waals surface area contributed by atoms with Gasteiger partial charge in [0.05, 0.1) is 7.11 Å². The quantitative estimate of drug-likeness (QED) is 0.697. The minimum absolute atomic E-state index is 0.198. The average Bonchev–Trinajstić information content (AvgIpc) is 2.78. The largest absolute Gasteiger partial charge is 0.453 e. The Kier molecular flexibility index (Phi) is 3.66. The molecule has 2 N–H and O–H groups in total. The van der Waals surface area contributed by atoms with Gasteiger partial charge in [-0.2, -0.15) is 0 Å². The first-order valence-electron chi connectivity index (χ1n) is 6.03. The molecule has 1 unspecified atom stereocenters. The van der Waals surface area contributed by atoms with Gasteiger partial charge in [0.25, 0.3) is 0 Å². The van der Waals surface area contributed by atoms with Crippen LogP contribution >= 0.6 is 0 Å². The zero-order valence-electron chi connectivity index (χ0n) is 9.89. The maximum Gasteiger partial charge on any atom is 0.409 e. The average molecular weight is 227 g/mol. The number of rotatable bonds is 1. The fourth-order valence-corrected chi connectivity index (χ4v) is 2.62. The Balaban J connectivity index is 1.82. The van der Waals surface area contributed by atoms with E-state index in [1.807, 2.05) is 0 Å². The SMILES string of the molecule is COC(=O)N1CCC(N2CCC(N)CC2)C1. The number of hydrogen-bond acceptors (Lipinski definition) is 4. The van der Waals surface area contributed by atoms with Gasteiger partial charge in [-0.1, -0.05) is 0 Å². The molecular formula is C11H21N3O2. The summed E-state index contributed by atoms with van der Waals surface area (Å²) in [6.07, 6.45) is 3.02. The van der Waals surface area contributed by atoms with Gasteiger partial charge in [-0.15, -0.1) is 0 Å². The predicted molar refractivity (Wildman–Crippen MR) is 61.2 cm³/mol. The van der Waals surface area contributed by atoms with Crippen molar-refractivity contribution in [2.75, 3.05) is 33.3 Å². The van der Waals surface area contributed by atoms with Crippen molar-refractivity contribution in [3.8, 4) is 0 Å². The highest BCUT2D eigenvalue weighted by atomic mass is 16.5. The molecule has 0 aliphatic carbocycles. The van der Waals surface area contributed by atoms with Crippen molar-refractivity contribution >= 4 is 6.09 Å². The van der Waals surface area contributed by atoms with E-state index in [9.17, 15) is 4.79 Å². The Morgan fingerprint density at radius 2 is 1.94 bits per heavy atom. The standard InChI is InChI=1S/C11H21N3O2/c1-16-11(15)14-7-4-10(8-14)13-5-2-9(12)3-6-13/h9-10H,2-8,12H2,1H3. The molecule has 0 saturated carbocycles. The number of hydrogen-bond donors (Lipinski definition) is 1. The monoisotopic (exact) mass is 227 g/mol. The maximum absolute atomic E-state index is 11.4. The van der Waals surface area contributed by atoms with Crippen LogP contribution in [0.2, 0.25) is 0 Å². The number of amides is 1. The minimum atomic E-state index is -0.198. The first kappa shape index (κ1) is 11.7. The molecule has 2 saturated heterocycles. The summed E-state index contributed by atoms with van der Waals surface area (Å²) in [5, 5.41) is 0. The van der Waals surface area contributed by atoms with Crippen molar-refractivity contribution in [2.24, 2.45) is 5.73 Å². The van der Waals surface area contributed by atoms with E-state index < -0.39 is 0 Å². The molecule has 2 rings (SSSR count). The molecule has 0 aromatic carbocycles. The zero-order valence-corrected chi connectivity index (χ0v) is 9.89. The predicted octanol–water partition coefficient (Wildman–Crippen LogP) is 0.250. The number of piperidine rings is 1. The third-order valence-electron chi connectivity index (χ3n) is 3.69. The molecule has 2 aliphatic rings. The van der Waals surface area contributed by atoms with Crippen LogP contribution in [0.4, 0.5) is 4.79 Å². The van der Waals surface area contributed by atoms with Gasteiger partial charge in [0.15, 0.2) is 0 Å². The lowest BCUT2D eigenvalue weighted by atomic mass is 10.0. The molecule has 0 spiro atoms. The maximum atomic E-state index is 11.4. The summed E-state index contributed by atoms with van der Waals surface area (Å²) >= 11 is 0. The smallest absolute Gasteiger partial charge is 0.409 e. The molecule has 0 radical (unpaired) electrons. The molecule has 0 aromatic rings. The molecule has 2 fully saturated rings. The molecule has 2 aliphatic heterocycles. The molecule has 16 heavy (non-hydrogen) atoms. The highest BCUT2D eigenvalue weighted by molar-refractivity contribution is 5.67. The number of nitrogens with zero attached hydrogens (tertiary/aromatic N) is 2. The van der Waals surface area contributed by atoms with Gasteiger partial charge in [-0.05, 0) is 32.4 Å². The second-order valence-electron chi connectivity index (χ2n) is 4.73. The lowest BCUT2D eigenvalue weighted by Crippen LogP contribution is -2.46. The zero-order chi connectivity index (χ0) is 11.5. The number of likely N-dealkylation sites (tertiary alicyclic amines) is 2. The van der Waals surface area contributed by atoms with Crippen molar-refractivity contribution in [3.05, 3.63) is 0 Å². The van der Waals surface area contributed by atoms with E-state index in [1.165, 1.54) is 7.11 Å². The van der Waals surface area contributed by atoms with Crippen LogP contribution in [-0.2, 0) is 4.74 Å². The number of carbonyl (C=O) groups is 1. The summed E-state index contributed by atoms with van der Waals surface area (Å²) in [4.78, 5) is 15.6. The number of methoxy groups -OCH3 is 1. The Bertz CT molecular complexity index is 252. The van der Waals surface area contributed by atoms with E-state index in [1.54, 1.807) is 4.90 Å². The first-order chi connectivity index (χ1) is 7.70. The first-order valence-corrected chi connectivity index (χ1v) is 6.03. The summed E-state index contributed by atoms with van der Waals surface area (Å²) in [6.45, 7) is 3.77. The summed E-state index contributed by atoms with van der Waals surface area (Å²) in [5.41, 5.74) is 5.88. The summed E-state index contributed by atoms with van der Waals surface area (Å²) < 4.78 is 4.74. The van der Waals surface area contributed by atoms with Crippen molar-refractivity contribution in [1.29, 1.82) is 0 Å². The molecule has 2 heterocycles. The molecule has 0 bridgehead atoms. The minimum Gasteiger partial charge on any atom is -0.453 e. The van der Waals surface area contributed by atoms with E-state index in [-0.39, 0.29) is 6.09 Å². The fourth-order valence-electron chi connectivity index (χ4n) is 2.62. The highest BCUT2D eigenvalue weighted by Crippen LogP contribution is 2.20. The molecule has 92 valence electrons. The Morgan fingerprint density at radius 1 is 1.25 bits per heavy atom. The third kappa shape index (κ3) is 2.47. The summed E-state index contributed by atoms with van der Waals surface area (Å²) in [7, 11) is 1.44. The van der Waals surface area contributed by atoms with Gasteiger partial charge >= 0.3 is 6.09 Å².